The van der Waals surface area contributed by atoms with Gasteiger partial charge in [-0.05, 0) is 101 Å². The smallest absolute Gasteiger partial charge is 0.262 e. The third kappa shape index (κ3) is 5.83. The maximum absolute atomic E-state index is 13.0. The van der Waals surface area contributed by atoms with E-state index in [1.54, 1.807) is 31.2 Å². The van der Waals surface area contributed by atoms with Gasteiger partial charge in [-0.25, -0.2) is 8.42 Å². The van der Waals surface area contributed by atoms with Crippen molar-refractivity contribution in [3.8, 4) is 0 Å². The van der Waals surface area contributed by atoms with Gasteiger partial charge in [0.15, 0.2) is 0 Å². The highest BCUT2D eigenvalue weighted by Crippen LogP contribution is 2.22. The number of benzene rings is 2. The van der Waals surface area contributed by atoms with Gasteiger partial charge in [0.25, 0.3) is 15.9 Å². The summed E-state index contributed by atoms with van der Waals surface area (Å²) in [7, 11) is -3.81. The van der Waals surface area contributed by atoms with Crippen LogP contribution in [0.5, 0.6) is 0 Å². The zero-order chi connectivity index (χ0) is 21.7. The minimum absolute atomic E-state index is 0.117. The van der Waals surface area contributed by atoms with Gasteiger partial charge in [0.1, 0.15) is 0 Å². The highest BCUT2D eigenvalue weighted by Gasteiger charge is 2.20. The van der Waals surface area contributed by atoms with E-state index in [9.17, 15) is 13.2 Å². The van der Waals surface area contributed by atoms with E-state index >= 15 is 0 Å². The maximum atomic E-state index is 13.0. The molecular formula is C23H31N3O3S. The number of nitrogens with one attached hydrogen (secondary N) is 2. The van der Waals surface area contributed by atoms with Gasteiger partial charge in [-0.3, -0.25) is 9.52 Å². The molecule has 1 fully saturated rings. The van der Waals surface area contributed by atoms with Crippen molar-refractivity contribution in [2.75, 3.05) is 30.9 Å². The zero-order valence-electron chi connectivity index (χ0n) is 18.0. The van der Waals surface area contributed by atoms with Crippen LogP contribution in [0.4, 0.5) is 5.69 Å². The number of aryl methyl sites for hydroxylation is 3. The number of sulfonamides is 1. The Balaban J connectivity index is 1.67. The molecule has 1 amide bonds. The lowest BCUT2D eigenvalue weighted by atomic mass is 10.1. The molecule has 0 aliphatic carbocycles. The molecule has 2 aromatic rings. The van der Waals surface area contributed by atoms with Crippen molar-refractivity contribution < 1.29 is 13.2 Å². The largest absolute Gasteiger partial charge is 0.352 e. The molecule has 0 saturated carbocycles. The second-order valence-corrected chi connectivity index (χ2v) is 9.77. The Bertz CT molecular complexity index is 992. The lowest BCUT2D eigenvalue weighted by Gasteiger charge is -2.15. The summed E-state index contributed by atoms with van der Waals surface area (Å²) in [5.74, 6) is -0.251. The molecule has 1 heterocycles. The molecule has 162 valence electrons. The van der Waals surface area contributed by atoms with Crippen molar-refractivity contribution in [2.45, 2.75) is 44.9 Å². The highest BCUT2D eigenvalue weighted by molar-refractivity contribution is 7.92. The van der Waals surface area contributed by atoms with E-state index in [1.165, 1.54) is 18.9 Å². The molecule has 1 aliphatic rings. The molecule has 2 aromatic carbocycles. The van der Waals surface area contributed by atoms with E-state index < -0.39 is 10.0 Å². The van der Waals surface area contributed by atoms with E-state index in [0.29, 0.717) is 23.4 Å². The lowest BCUT2D eigenvalue weighted by Crippen LogP contribution is -2.28. The summed E-state index contributed by atoms with van der Waals surface area (Å²) in [4.78, 5) is 15.1. The molecule has 0 spiro atoms. The van der Waals surface area contributed by atoms with Crippen LogP contribution < -0.4 is 10.0 Å². The van der Waals surface area contributed by atoms with Crippen LogP contribution >= 0.6 is 0 Å². The molecule has 1 aliphatic heterocycles. The van der Waals surface area contributed by atoms with Crippen molar-refractivity contribution >= 4 is 21.6 Å². The van der Waals surface area contributed by atoms with Gasteiger partial charge in [0.2, 0.25) is 0 Å². The number of nitrogens with zero attached hydrogens (tertiary/aromatic N) is 1. The van der Waals surface area contributed by atoms with Crippen LogP contribution in [0.25, 0.3) is 0 Å². The van der Waals surface area contributed by atoms with Crippen LogP contribution in [0, 0.1) is 20.8 Å². The number of likely N-dealkylation sites (tertiary alicyclic amines) is 1. The van der Waals surface area contributed by atoms with Gasteiger partial charge in [0, 0.05) is 17.8 Å². The van der Waals surface area contributed by atoms with Crippen LogP contribution in [0.1, 0.15) is 46.3 Å². The first-order valence-electron chi connectivity index (χ1n) is 10.5. The normalized spacial score (nSPS) is 14.6. The molecule has 6 nitrogen and oxygen atoms in total. The number of carbonyl (C=O) groups excluding carboxylic acids is 1. The lowest BCUT2D eigenvalue weighted by molar-refractivity contribution is 0.0952. The van der Waals surface area contributed by atoms with Crippen LogP contribution in [-0.2, 0) is 10.0 Å². The van der Waals surface area contributed by atoms with E-state index in [1.807, 2.05) is 19.9 Å². The number of rotatable bonds is 8. The predicted molar refractivity (Wildman–Crippen MR) is 121 cm³/mol. The van der Waals surface area contributed by atoms with Gasteiger partial charge in [0.05, 0.1) is 4.90 Å². The van der Waals surface area contributed by atoms with Gasteiger partial charge in [-0.1, -0.05) is 12.1 Å². The summed E-state index contributed by atoms with van der Waals surface area (Å²) in [6.07, 6.45) is 3.39. The predicted octanol–water partition coefficient (Wildman–Crippen LogP) is 3.63. The Kier molecular flexibility index (Phi) is 7.15. The first-order chi connectivity index (χ1) is 14.2. The molecule has 3 rings (SSSR count). The van der Waals surface area contributed by atoms with Gasteiger partial charge in [-0.15, -0.1) is 0 Å². The molecule has 0 radical (unpaired) electrons. The van der Waals surface area contributed by atoms with Crippen molar-refractivity contribution in [3.05, 3.63) is 58.7 Å². The van der Waals surface area contributed by atoms with E-state index in [2.05, 4.69) is 14.9 Å². The summed E-state index contributed by atoms with van der Waals surface area (Å²) in [5, 5.41) is 2.90. The molecule has 30 heavy (non-hydrogen) atoms. The Hall–Kier alpha value is -2.38. The third-order valence-corrected chi connectivity index (χ3v) is 6.87. The SMILES string of the molecule is Cc1cc(C)cc(NS(=O)(=O)c2cc(C(=O)NCCCN3CCCC3)ccc2C)c1. The van der Waals surface area contributed by atoms with Gasteiger partial charge >= 0.3 is 0 Å². The molecular weight excluding hydrogens is 398 g/mol. The maximum Gasteiger partial charge on any atom is 0.262 e. The second kappa shape index (κ2) is 9.62. The Labute approximate surface area is 179 Å². The quantitative estimate of drug-likeness (QED) is 0.628. The summed E-state index contributed by atoms with van der Waals surface area (Å²) < 4.78 is 28.6. The second-order valence-electron chi connectivity index (χ2n) is 8.12. The van der Waals surface area contributed by atoms with Crippen molar-refractivity contribution in [2.24, 2.45) is 0 Å². The van der Waals surface area contributed by atoms with E-state index in [-0.39, 0.29) is 10.8 Å². The zero-order valence-corrected chi connectivity index (χ0v) is 18.8. The van der Waals surface area contributed by atoms with Crippen LogP contribution in [0.2, 0.25) is 0 Å². The number of anilines is 1. The van der Waals surface area contributed by atoms with Crippen LogP contribution in [0.15, 0.2) is 41.3 Å². The average molecular weight is 430 g/mol. The average Bonchev–Trinajstić information content (AvgIpc) is 3.17. The van der Waals surface area contributed by atoms with Crippen molar-refractivity contribution in [1.29, 1.82) is 0 Å². The Morgan fingerprint density at radius 3 is 2.33 bits per heavy atom. The fourth-order valence-electron chi connectivity index (χ4n) is 3.89. The molecule has 0 atom stereocenters. The first-order valence-corrected chi connectivity index (χ1v) is 12.0. The fraction of sp³-hybridized carbons (Fsp3) is 0.435. The van der Waals surface area contributed by atoms with E-state index in [4.69, 9.17) is 0 Å². The summed E-state index contributed by atoms with van der Waals surface area (Å²) in [6.45, 7) is 9.41. The van der Waals surface area contributed by atoms with Crippen LogP contribution in [-0.4, -0.2) is 45.4 Å². The first kappa shape index (κ1) is 22.3. The standard InChI is InChI=1S/C23H31N3O3S/c1-17-13-18(2)15-21(14-17)25-30(28,29)22-16-20(8-7-19(22)3)23(27)24-9-6-12-26-10-4-5-11-26/h7-8,13-16,25H,4-6,9-12H2,1-3H3,(H,24,27). The van der Waals surface area contributed by atoms with Gasteiger partial charge < -0.3 is 10.2 Å². The molecule has 2 N–H and O–H groups in total. The minimum Gasteiger partial charge on any atom is -0.352 e. The van der Waals surface area contributed by atoms with Crippen molar-refractivity contribution in [1.82, 2.24) is 10.2 Å². The summed E-state index contributed by atoms with van der Waals surface area (Å²) in [6, 6.07) is 10.4. The molecule has 0 bridgehead atoms. The number of hydrogen-bond acceptors (Lipinski definition) is 4. The monoisotopic (exact) mass is 429 g/mol. The topological polar surface area (TPSA) is 78.5 Å². The van der Waals surface area contributed by atoms with Crippen LogP contribution in [0.3, 0.4) is 0 Å². The molecule has 0 aromatic heterocycles. The Morgan fingerprint density at radius 2 is 1.67 bits per heavy atom. The molecule has 7 heteroatoms. The summed E-state index contributed by atoms with van der Waals surface area (Å²) >= 11 is 0. The molecule has 1 saturated heterocycles. The highest BCUT2D eigenvalue weighted by atomic mass is 32.2. The van der Waals surface area contributed by atoms with E-state index in [0.717, 1.165) is 37.2 Å². The van der Waals surface area contributed by atoms with Gasteiger partial charge in [-0.2, -0.15) is 0 Å². The molecule has 0 unspecified atom stereocenters. The fourth-order valence-corrected chi connectivity index (χ4v) is 5.20. The number of carbonyl (C=O) groups is 1. The number of amides is 1. The van der Waals surface area contributed by atoms with Crippen molar-refractivity contribution in [3.63, 3.8) is 0 Å². The minimum atomic E-state index is -3.81. The third-order valence-electron chi connectivity index (χ3n) is 5.35. The number of hydrogen-bond donors (Lipinski definition) is 2. The Morgan fingerprint density at radius 1 is 1.00 bits per heavy atom. The summed E-state index contributed by atoms with van der Waals surface area (Å²) in [5.41, 5.74) is 3.42.